The molecule has 0 fully saturated rings. The van der Waals surface area contributed by atoms with Crippen molar-refractivity contribution in [1.82, 2.24) is 5.32 Å². The number of hydrogen-bond donors (Lipinski definition) is 2. The fraction of sp³-hybridized carbons (Fsp3) is 0.467. The zero-order chi connectivity index (χ0) is 16.8. The Kier molecular flexibility index (Phi) is 6.80. The van der Waals surface area contributed by atoms with Gasteiger partial charge in [-0.3, -0.25) is 9.59 Å². The van der Waals surface area contributed by atoms with E-state index in [2.05, 4.69) is 21.2 Å². The average molecular weight is 376 g/mol. The smallest absolute Gasteiger partial charge is 0.305 e. The van der Waals surface area contributed by atoms with Crippen molar-refractivity contribution in [3.05, 3.63) is 28.5 Å². The summed E-state index contributed by atoms with van der Waals surface area (Å²) in [6.07, 6.45) is 0.792. The van der Waals surface area contributed by atoms with Crippen LogP contribution in [0.5, 0.6) is 5.75 Å². The summed E-state index contributed by atoms with van der Waals surface area (Å²) in [5.74, 6) is -2.07. The first-order chi connectivity index (χ1) is 10.3. The van der Waals surface area contributed by atoms with Crippen LogP contribution >= 0.6 is 15.9 Å². The highest BCUT2D eigenvalue weighted by Crippen LogP contribution is 2.22. The van der Waals surface area contributed by atoms with E-state index < -0.39 is 23.2 Å². The maximum atomic E-state index is 13.6. The number of nitrogens with one attached hydrogen (secondary N) is 1. The summed E-state index contributed by atoms with van der Waals surface area (Å²) < 4.78 is 19.3. The topological polar surface area (TPSA) is 75.6 Å². The van der Waals surface area contributed by atoms with Gasteiger partial charge in [-0.25, -0.2) is 4.39 Å². The van der Waals surface area contributed by atoms with Gasteiger partial charge >= 0.3 is 5.97 Å². The Bertz CT molecular complexity index is 546. The summed E-state index contributed by atoms with van der Waals surface area (Å²) in [4.78, 5) is 22.9. The van der Waals surface area contributed by atoms with Gasteiger partial charge in [0.2, 0.25) is 0 Å². The predicted molar refractivity (Wildman–Crippen MR) is 83.3 cm³/mol. The number of carboxylic acid groups (broad SMARTS) is 1. The molecule has 1 aromatic carbocycles. The van der Waals surface area contributed by atoms with Crippen molar-refractivity contribution in [2.24, 2.45) is 0 Å². The van der Waals surface area contributed by atoms with Crippen molar-refractivity contribution in [1.29, 1.82) is 0 Å². The molecule has 22 heavy (non-hydrogen) atoms. The van der Waals surface area contributed by atoms with Crippen LogP contribution in [-0.4, -0.2) is 29.1 Å². The zero-order valence-corrected chi connectivity index (χ0v) is 14.1. The molecule has 0 aliphatic heterocycles. The van der Waals surface area contributed by atoms with Crippen LogP contribution in [0.2, 0.25) is 0 Å². The number of ether oxygens (including phenoxy) is 1. The summed E-state index contributed by atoms with van der Waals surface area (Å²) in [6.45, 7) is 3.24. The van der Waals surface area contributed by atoms with Gasteiger partial charge in [-0.05, 0) is 31.0 Å². The quantitative estimate of drug-likeness (QED) is 0.731. The van der Waals surface area contributed by atoms with Crippen molar-refractivity contribution in [3.63, 3.8) is 0 Å². The van der Waals surface area contributed by atoms with E-state index in [9.17, 15) is 14.0 Å². The normalized spacial score (nSPS) is 11.1. The fourth-order valence-electron chi connectivity index (χ4n) is 2.08. The van der Waals surface area contributed by atoms with Gasteiger partial charge in [0.15, 0.2) is 18.2 Å². The number of halogens is 2. The van der Waals surface area contributed by atoms with E-state index in [1.54, 1.807) is 6.07 Å². The molecule has 1 amide bonds. The minimum absolute atomic E-state index is 0.0322. The molecule has 1 aromatic rings. The lowest BCUT2D eigenvalue weighted by Gasteiger charge is -2.31. The first-order valence-electron chi connectivity index (χ1n) is 6.92. The molecule has 0 saturated heterocycles. The first-order valence-corrected chi connectivity index (χ1v) is 7.72. The van der Waals surface area contributed by atoms with Gasteiger partial charge in [0, 0.05) is 4.47 Å². The van der Waals surface area contributed by atoms with E-state index in [4.69, 9.17) is 9.84 Å². The Labute approximate surface area is 137 Å². The standard InChI is InChI=1S/C15H19BrFNO4/c1-3-15(4-2,8-14(20)21)18-13(19)9-22-12-6-5-10(16)7-11(12)17/h5-7H,3-4,8-9H2,1-2H3,(H,18,19)(H,20,21). The largest absolute Gasteiger partial charge is 0.481 e. The molecule has 0 bridgehead atoms. The van der Waals surface area contributed by atoms with Crippen LogP contribution in [0.3, 0.4) is 0 Å². The summed E-state index contributed by atoms with van der Waals surface area (Å²) in [7, 11) is 0. The summed E-state index contributed by atoms with van der Waals surface area (Å²) in [6, 6.07) is 4.25. The van der Waals surface area contributed by atoms with Crippen molar-refractivity contribution >= 4 is 27.8 Å². The fourth-order valence-corrected chi connectivity index (χ4v) is 2.41. The molecule has 0 aliphatic carbocycles. The van der Waals surface area contributed by atoms with Crippen LogP contribution in [0.25, 0.3) is 0 Å². The van der Waals surface area contributed by atoms with Crippen LogP contribution in [0.1, 0.15) is 33.1 Å². The highest BCUT2D eigenvalue weighted by Gasteiger charge is 2.31. The van der Waals surface area contributed by atoms with Crippen molar-refractivity contribution in [3.8, 4) is 5.75 Å². The van der Waals surface area contributed by atoms with Gasteiger partial charge in [0.1, 0.15) is 0 Å². The van der Waals surface area contributed by atoms with Crippen molar-refractivity contribution in [2.75, 3.05) is 6.61 Å². The van der Waals surface area contributed by atoms with E-state index in [0.29, 0.717) is 17.3 Å². The summed E-state index contributed by atoms with van der Waals surface area (Å²) in [5.41, 5.74) is -0.815. The molecule has 7 heteroatoms. The molecule has 0 radical (unpaired) electrons. The number of hydrogen-bond acceptors (Lipinski definition) is 3. The molecule has 1 rings (SSSR count). The monoisotopic (exact) mass is 375 g/mol. The number of rotatable bonds is 8. The highest BCUT2D eigenvalue weighted by molar-refractivity contribution is 9.10. The molecule has 0 unspecified atom stereocenters. The van der Waals surface area contributed by atoms with Gasteiger partial charge in [0.25, 0.3) is 5.91 Å². The Morgan fingerprint density at radius 2 is 2.00 bits per heavy atom. The minimum atomic E-state index is -0.983. The molecule has 2 N–H and O–H groups in total. The molecule has 0 heterocycles. The molecular weight excluding hydrogens is 357 g/mol. The molecule has 122 valence electrons. The second-order valence-corrected chi connectivity index (χ2v) is 5.89. The van der Waals surface area contributed by atoms with Gasteiger partial charge < -0.3 is 15.2 Å². The summed E-state index contributed by atoms with van der Waals surface area (Å²) >= 11 is 3.13. The van der Waals surface area contributed by atoms with Crippen LogP contribution in [-0.2, 0) is 9.59 Å². The number of benzene rings is 1. The second-order valence-electron chi connectivity index (χ2n) is 4.97. The van der Waals surface area contributed by atoms with Gasteiger partial charge in [-0.1, -0.05) is 29.8 Å². The molecule has 0 atom stereocenters. The Morgan fingerprint density at radius 3 is 2.50 bits per heavy atom. The zero-order valence-electron chi connectivity index (χ0n) is 12.5. The number of carbonyl (C=O) groups is 2. The predicted octanol–water partition coefficient (Wildman–Crippen LogP) is 3.12. The number of carbonyl (C=O) groups excluding carboxylic acids is 1. The number of amides is 1. The van der Waals surface area contributed by atoms with Crippen molar-refractivity contribution < 1.29 is 23.8 Å². The average Bonchev–Trinajstić information content (AvgIpc) is 2.45. The van der Waals surface area contributed by atoms with E-state index in [0.717, 1.165) is 0 Å². The van der Waals surface area contributed by atoms with E-state index in [1.807, 2.05) is 13.8 Å². The Hall–Kier alpha value is -1.63. The van der Waals surface area contributed by atoms with Crippen molar-refractivity contribution in [2.45, 2.75) is 38.6 Å². The highest BCUT2D eigenvalue weighted by atomic mass is 79.9. The van der Waals surface area contributed by atoms with Gasteiger partial charge in [-0.2, -0.15) is 0 Å². The van der Waals surface area contributed by atoms with E-state index >= 15 is 0 Å². The number of aliphatic carboxylic acids is 1. The number of carboxylic acids is 1. The van der Waals surface area contributed by atoms with Gasteiger partial charge in [0.05, 0.1) is 12.0 Å². The molecule has 5 nitrogen and oxygen atoms in total. The van der Waals surface area contributed by atoms with Gasteiger partial charge in [-0.15, -0.1) is 0 Å². The molecule has 0 spiro atoms. The lowest BCUT2D eigenvalue weighted by atomic mass is 9.89. The lowest BCUT2D eigenvalue weighted by molar-refractivity contribution is -0.139. The SMILES string of the molecule is CCC(CC)(CC(=O)O)NC(=O)COc1ccc(Br)cc1F. The lowest BCUT2D eigenvalue weighted by Crippen LogP contribution is -2.50. The Morgan fingerprint density at radius 1 is 1.36 bits per heavy atom. The maximum Gasteiger partial charge on any atom is 0.305 e. The maximum absolute atomic E-state index is 13.6. The third-order valence-electron chi connectivity index (χ3n) is 3.50. The molecule has 0 saturated carbocycles. The van der Waals surface area contributed by atoms with E-state index in [-0.39, 0.29) is 18.8 Å². The summed E-state index contributed by atoms with van der Waals surface area (Å²) in [5, 5.41) is 11.6. The van der Waals surface area contributed by atoms with Crippen LogP contribution in [0.4, 0.5) is 4.39 Å². The molecule has 0 aliphatic rings. The first kappa shape index (κ1) is 18.4. The Balaban J connectivity index is 2.66. The second kappa shape index (κ2) is 8.12. The molecule has 0 aromatic heterocycles. The van der Waals surface area contributed by atoms with E-state index in [1.165, 1.54) is 12.1 Å². The minimum Gasteiger partial charge on any atom is -0.481 e. The van der Waals surface area contributed by atoms with Crippen LogP contribution < -0.4 is 10.1 Å². The third-order valence-corrected chi connectivity index (χ3v) is 3.99. The van der Waals surface area contributed by atoms with Crippen LogP contribution in [0, 0.1) is 5.82 Å². The van der Waals surface area contributed by atoms with Crippen LogP contribution in [0.15, 0.2) is 22.7 Å². The molecular formula is C15H19BrFNO4. The third kappa shape index (κ3) is 5.29.